The Morgan fingerprint density at radius 1 is 1.42 bits per heavy atom. The number of carbonyl (C=O) groups excluding carboxylic acids is 2. The molecule has 1 aromatic heterocycles. The summed E-state index contributed by atoms with van der Waals surface area (Å²) in [6.45, 7) is 7.89. The summed E-state index contributed by atoms with van der Waals surface area (Å²) in [5.74, 6) is -1.19. The van der Waals surface area contributed by atoms with Crippen LogP contribution in [0.1, 0.15) is 38.1 Å². The van der Waals surface area contributed by atoms with Crippen molar-refractivity contribution in [3.8, 4) is 0 Å². The summed E-state index contributed by atoms with van der Waals surface area (Å²) >= 11 is 0. The van der Waals surface area contributed by atoms with Gasteiger partial charge in [-0.15, -0.1) is 0 Å². The van der Waals surface area contributed by atoms with Gasteiger partial charge in [0.1, 0.15) is 0 Å². The number of Topliss-reactive ketones (excluding diaryl/α,β-unsaturated/α-hetero) is 1. The van der Waals surface area contributed by atoms with Crippen LogP contribution in [0.15, 0.2) is 12.4 Å². The summed E-state index contributed by atoms with van der Waals surface area (Å²) < 4.78 is 1.59. The van der Waals surface area contributed by atoms with Crippen LogP contribution in [0.25, 0.3) is 0 Å². The van der Waals surface area contributed by atoms with Crippen molar-refractivity contribution >= 4 is 11.7 Å². The predicted molar refractivity (Wildman–Crippen MR) is 70.8 cm³/mol. The second-order valence-corrected chi connectivity index (χ2v) is 4.81. The van der Waals surface area contributed by atoms with Gasteiger partial charge in [-0.25, -0.2) is 0 Å². The molecule has 0 aromatic carbocycles. The van der Waals surface area contributed by atoms with Crippen LogP contribution < -0.4 is 0 Å². The van der Waals surface area contributed by atoms with E-state index in [0.717, 1.165) is 0 Å². The van der Waals surface area contributed by atoms with Crippen LogP contribution in [0.2, 0.25) is 0 Å². The quantitative estimate of drug-likeness (QED) is 0.608. The molecule has 0 saturated carbocycles. The maximum Gasteiger partial charge on any atom is 0.295 e. The van der Waals surface area contributed by atoms with Crippen LogP contribution in [0, 0.1) is 0 Å². The molecule has 0 spiro atoms. The topological polar surface area (TPSA) is 75.4 Å². The molecule has 1 heterocycles. The molecule has 1 N–H and O–H groups in total. The highest BCUT2D eigenvalue weighted by atomic mass is 16.3. The van der Waals surface area contributed by atoms with E-state index in [9.17, 15) is 14.7 Å². The summed E-state index contributed by atoms with van der Waals surface area (Å²) in [4.78, 5) is 25.6. The average Bonchev–Trinajstić information content (AvgIpc) is 2.82. The van der Waals surface area contributed by atoms with Crippen molar-refractivity contribution in [2.24, 2.45) is 0 Å². The molecule has 1 amide bonds. The van der Waals surface area contributed by atoms with Gasteiger partial charge in [-0.1, -0.05) is 0 Å². The standard InChI is InChI=1S/C13H21N3O3/c1-5-15-8-11(6-14-15)12(18)13(19)16(9(2)3)7-10(4)17/h6,8-10,17H,5,7H2,1-4H3. The third kappa shape index (κ3) is 3.89. The van der Waals surface area contributed by atoms with Gasteiger partial charge in [-0.2, -0.15) is 5.10 Å². The van der Waals surface area contributed by atoms with Crippen molar-refractivity contribution in [1.29, 1.82) is 0 Å². The maximum absolute atomic E-state index is 12.1. The zero-order valence-electron chi connectivity index (χ0n) is 11.8. The fraction of sp³-hybridized carbons (Fsp3) is 0.615. The van der Waals surface area contributed by atoms with Gasteiger partial charge in [-0.05, 0) is 27.7 Å². The molecule has 1 aromatic rings. The zero-order valence-corrected chi connectivity index (χ0v) is 11.8. The maximum atomic E-state index is 12.1. The lowest BCUT2D eigenvalue weighted by molar-refractivity contribution is -0.129. The van der Waals surface area contributed by atoms with Crippen LogP contribution in [0.4, 0.5) is 0 Å². The van der Waals surface area contributed by atoms with E-state index in [1.54, 1.807) is 17.8 Å². The minimum absolute atomic E-state index is 0.143. The Kier molecular flexibility index (Phi) is 5.23. The molecule has 0 saturated heterocycles. The molecule has 1 unspecified atom stereocenters. The molecule has 0 aliphatic heterocycles. The Labute approximate surface area is 113 Å². The van der Waals surface area contributed by atoms with Crippen LogP contribution >= 0.6 is 0 Å². The van der Waals surface area contributed by atoms with E-state index >= 15 is 0 Å². The first-order chi connectivity index (χ1) is 8.86. The fourth-order valence-corrected chi connectivity index (χ4v) is 1.72. The van der Waals surface area contributed by atoms with Crippen molar-refractivity contribution < 1.29 is 14.7 Å². The first-order valence-corrected chi connectivity index (χ1v) is 6.42. The lowest BCUT2D eigenvalue weighted by Crippen LogP contribution is -2.44. The number of aromatic nitrogens is 2. The number of ketones is 1. The third-order valence-electron chi connectivity index (χ3n) is 2.76. The fourth-order valence-electron chi connectivity index (χ4n) is 1.72. The van der Waals surface area contributed by atoms with Gasteiger partial charge < -0.3 is 10.0 Å². The number of hydrogen-bond acceptors (Lipinski definition) is 4. The van der Waals surface area contributed by atoms with Crippen molar-refractivity contribution in [3.63, 3.8) is 0 Å². The predicted octanol–water partition coefficient (Wildman–Crippen LogP) is 0.703. The summed E-state index contributed by atoms with van der Waals surface area (Å²) in [7, 11) is 0. The Balaban J connectivity index is 2.87. The Morgan fingerprint density at radius 2 is 2.05 bits per heavy atom. The van der Waals surface area contributed by atoms with Gasteiger partial charge in [0.2, 0.25) is 0 Å². The first-order valence-electron chi connectivity index (χ1n) is 6.42. The van der Waals surface area contributed by atoms with Crippen molar-refractivity contribution in [2.45, 2.75) is 46.4 Å². The van der Waals surface area contributed by atoms with Gasteiger partial charge in [0.25, 0.3) is 11.7 Å². The van der Waals surface area contributed by atoms with E-state index in [4.69, 9.17) is 0 Å². The molecule has 0 fully saturated rings. The van der Waals surface area contributed by atoms with Crippen LogP contribution in [0.3, 0.4) is 0 Å². The average molecular weight is 267 g/mol. The molecule has 1 atom stereocenters. The highest BCUT2D eigenvalue weighted by molar-refractivity contribution is 6.42. The van der Waals surface area contributed by atoms with Crippen LogP contribution in [-0.4, -0.2) is 50.2 Å². The largest absolute Gasteiger partial charge is 0.392 e. The number of aliphatic hydroxyl groups excluding tert-OH is 1. The van der Waals surface area contributed by atoms with Gasteiger partial charge in [0.15, 0.2) is 0 Å². The molecule has 0 aliphatic rings. The number of rotatable bonds is 6. The number of hydrogen-bond donors (Lipinski definition) is 1. The smallest absolute Gasteiger partial charge is 0.295 e. The molecule has 6 heteroatoms. The molecule has 0 bridgehead atoms. The lowest BCUT2D eigenvalue weighted by atomic mass is 10.1. The lowest BCUT2D eigenvalue weighted by Gasteiger charge is -2.27. The molecule has 0 radical (unpaired) electrons. The third-order valence-corrected chi connectivity index (χ3v) is 2.76. The van der Waals surface area contributed by atoms with E-state index in [2.05, 4.69) is 5.10 Å². The van der Waals surface area contributed by atoms with E-state index in [0.29, 0.717) is 6.54 Å². The summed E-state index contributed by atoms with van der Waals surface area (Å²) in [5, 5.41) is 13.4. The monoisotopic (exact) mass is 267 g/mol. The SMILES string of the molecule is CCn1cc(C(=O)C(=O)N(CC(C)O)C(C)C)cn1. The molecule has 6 nitrogen and oxygen atoms in total. The Bertz CT molecular complexity index is 452. The number of carbonyl (C=O) groups is 2. The van der Waals surface area contributed by atoms with Crippen LogP contribution in [0.5, 0.6) is 0 Å². The Hall–Kier alpha value is -1.69. The summed E-state index contributed by atoms with van der Waals surface area (Å²) in [6.07, 6.45) is 2.28. The highest BCUT2D eigenvalue weighted by Gasteiger charge is 2.26. The molecule has 106 valence electrons. The van der Waals surface area contributed by atoms with E-state index in [-0.39, 0.29) is 18.2 Å². The zero-order chi connectivity index (χ0) is 14.6. The number of aryl methyl sites for hydroxylation is 1. The Morgan fingerprint density at radius 3 is 2.47 bits per heavy atom. The molecule has 19 heavy (non-hydrogen) atoms. The normalized spacial score (nSPS) is 12.5. The second-order valence-electron chi connectivity index (χ2n) is 4.81. The van der Waals surface area contributed by atoms with Gasteiger partial charge in [0.05, 0.1) is 17.9 Å². The van der Waals surface area contributed by atoms with Crippen LogP contribution in [-0.2, 0) is 11.3 Å². The van der Waals surface area contributed by atoms with Crippen molar-refractivity contribution in [3.05, 3.63) is 18.0 Å². The van der Waals surface area contributed by atoms with Gasteiger partial charge >= 0.3 is 0 Å². The molecule has 1 rings (SSSR count). The second kappa shape index (κ2) is 6.47. The first kappa shape index (κ1) is 15.4. The molecular weight excluding hydrogens is 246 g/mol. The molecule has 0 aliphatic carbocycles. The van der Waals surface area contributed by atoms with Crippen molar-refractivity contribution in [2.75, 3.05) is 6.54 Å². The van der Waals surface area contributed by atoms with E-state index < -0.39 is 17.8 Å². The summed E-state index contributed by atoms with van der Waals surface area (Å²) in [6, 6.07) is -0.146. The molecular formula is C13H21N3O3. The van der Waals surface area contributed by atoms with E-state index in [1.165, 1.54) is 11.1 Å². The number of amides is 1. The highest BCUT2D eigenvalue weighted by Crippen LogP contribution is 2.07. The number of nitrogens with zero attached hydrogens (tertiary/aromatic N) is 3. The minimum Gasteiger partial charge on any atom is -0.392 e. The van der Waals surface area contributed by atoms with Crippen molar-refractivity contribution in [1.82, 2.24) is 14.7 Å². The van der Waals surface area contributed by atoms with Gasteiger partial charge in [0, 0.05) is 25.3 Å². The number of aliphatic hydroxyl groups is 1. The minimum atomic E-state index is -0.669. The van der Waals surface area contributed by atoms with Gasteiger partial charge in [-0.3, -0.25) is 14.3 Å². The summed E-state index contributed by atoms with van der Waals surface area (Å²) in [5.41, 5.74) is 0.281. The van der Waals surface area contributed by atoms with E-state index in [1.807, 2.05) is 20.8 Å².